The Morgan fingerprint density at radius 3 is 2.59 bits per heavy atom. The number of primary amides is 1. The van der Waals surface area contributed by atoms with Crippen molar-refractivity contribution in [2.75, 3.05) is 0 Å². The van der Waals surface area contributed by atoms with E-state index in [1.807, 2.05) is 0 Å². The molecule has 2 heterocycles. The monoisotopic (exact) mass is 370 g/mol. The molecule has 8 heteroatoms. The number of aromatic nitrogens is 1. The first-order valence-electron chi connectivity index (χ1n) is 9.49. The van der Waals surface area contributed by atoms with Crippen molar-refractivity contribution < 1.29 is 19.1 Å². The number of nitrogens with one attached hydrogen (secondary N) is 1. The Morgan fingerprint density at radius 1 is 1.26 bits per heavy atom. The van der Waals surface area contributed by atoms with E-state index in [4.69, 9.17) is 10.5 Å². The van der Waals surface area contributed by atoms with E-state index in [-0.39, 0.29) is 40.9 Å². The van der Waals surface area contributed by atoms with Crippen molar-refractivity contribution in [2.24, 2.45) is 11.1 Å². The molecular formula is C19H22N4O4. The third-order valence-corrected chi connectivity index (χ3v) is 6.74. The molecule has 1 aliphatic heterocycles. The lowest BCUT2D eigenvalue weighted by molar-refractivity contribution is -0.146. The minimum Gasteiger partial charge on any atom is -0.474 e. The maximum Gasteiger partial charge on any atom is 0.325 e. The van der Waals surface area contributed by atoms with Gasteiger partial charge in [-0.2, -0.15) is 0 Å². The van der Waals surface area contributed by atoms with Gasteiger partial charge in [0.15, 0.2) is 0 Å². The van der Waals surface area contributed by atoms with Crippen LogP contribution in [-0.4, -0.2) is 45.4 Å². The second kappa shape index (κ2) is 5.43. The molecule has 0 atom stereocenters. The van der Waals surface area contributed by atoms with E-state index >= 15 is 0 Å². The third kappa shape index (κ3) is 2.35. The molecule has 0 bridgehead atoms. The molecule has 4 aliphatic rings. The summed E-state index contributed by atoms with van der Waals surface area (Å²) in [6.45, 7) is 0. The van der Waals surface area contributed by atoms with Gasteiger partial charge in [-0.25, -0.2) is 9.78 Å². The highest BCUT2D eigenvalue weighted by atomic mass is 16.5. The van der Waals surface area contributed by atoms with Crippen molar-refractivity contribution in [3.63, 3.8) is 0 Å². The summed E-state index contributed by atoms with van der Waals surface area (Å²) < 4.78 is 5.86. The molecule has 0 aromatic carbocycles. The van der Waals surface area contributed by atoms with Gasteiger partial charge in [-0.15, -0.1) is 0 Å². The molecule has 1 saturated heterocycles. The van der Waals surface area contributed by atoms with Crippen LogP contribution in [0.3, 0.4) is 0 Å². The summed E-state index contributed by atoms with van der Waals surface area (Å²) in [5, 5.41) is 2.90. The second-order valence-corrected chi connectivity index (χ2v) is 8.47. The number of imide groups is 1. The molecule has 0 radical (unpaired) electrons. The Bertz CT molecular complexity index is 836. The van der Waals surface area contributed by atoms with Gasteiger partial charge in [0.2, 0.25) is 5.88 Å². The summed E-state index contributed by atoms with van der Waals surface area (Å²) in [5.41, 5.74) is 5.18. The van der Waals surface area contributed by atoms with Crippen LogP contribution in [0.25, 0.3) is 0 Å². The zero-order valence-corrected chi connectivity index (χ0v) is 14.9. The fraction of sp³-hybridized carbons (Fsp3) is 0.579. The van der Waals surface area contributed by atoms with Gasteiger partial charge in [-0.05, 0) is 62.5 Å². The number of carbonyl (C=O) groups excluding carboxylic acids is 3. The Balaban J connectivity index is 1.18. The van der Waals surface area contributed by atoms with Crippen molar-refractivity contribution in [3.8, 4) is 5.88 Å². The summed E-state index contributed by atoms with van der Waals surface area (Å²) in [7, 11) is 0. The van der Waals surface area contributed by atoms with Crippen LogP contribution in [0.4, 0.5) is 4.79 Å². The molecule has 1 aromatic heterocycles. The Labute approximate surface area is 156 Å². The quantitative estimate of drug-likeness (QED) is 0.776. The number of pyridine rings is 1. The molecule has 3 N–H and O–H groups in total. The van der Waals surface area contributed by atoms with E-state index in [1.165, 1.54) is 4.90 Å². The van der Waals surface area contributed by atoms with Gasteiger partial charge in [0.1, 0.15) is 17.2 Å². The Kier molecular flexibility index (Phi) is 3.33. The van der Waals surface area contributed by atoms with Gasteiger partial charge < -0.3 is 15.8 Å². The molecule has 3 aliphatic carbocycles. The number of nitrogens with zero attached hydrogens (tertiary/aromatic N) is 2. The molecule has 2 spiro atoms. The standard InChI is InChI=1S/C19H22N4O4/c20-14(24)13-3-1-6-21-15(13)27-12-9-18(10-12)7-11(8-18)23-16(25)19(4-2-5-19)22-17(23)26/h1,3,6,11-12H,2,4-5,7-10H2,(H2,20,24)(H,22,26)/t11-,12-,18?. The normalized spacial score (nSPS) is 33.3. The van der Waals surface area contributed by atoms with Crippen molar-refractivity contribution in [1.29, 1.82) is 0 Å². The Hall–Kier alpha value is -2.64. The topological polar surface area (TPSA) is 115 Å². The maximum atomic E-state index is 12.6. The minimum atomic E-state index is -0.602. The average Bonchev–Trinajstić information content (AvgIpc) is 2.80. The molecule has 0 unspecified atom stereocenters. The van der Waals surface area contributed by atoms with E-state index in [2.05, 4.69) is 10.3 Å². The van der Waals surface area contributed by atoms with Crippen LogP contribution >= 0.6 is 0 Å². The number of urea groups is 1. The van der Waals surface area contributed by atoms with Gasteiger partial charge in [0.05, 0.1) is 0 Å². The van der Waals surface area contributed by atoms with E-state index in [0.717, 1.165) is 44.9 Å². The van der Waals surface area contributed by atoms with Crippen LogP contribution in [0.15, 0.2) is 18.3 Å². The predicted octanol–water partition coefficient (Wildman–Crippen LogP) is 1.34. The molecule has 4 amide bonds. The number of hydrogen-bond donors (Lipinski definition) is 2. The highest BCUT2D eigenvalue weighted by Gasteiger charge is 2.62. The molecule has 1 aromatic rings. The molecule has 4 fully saturated rings. The largest absolute Gasteiger partial charge is 0.474 e. The van der Waals surface area contributed by atoms with Crippen LogP contribution in [0, 0.1) is 5.41 Å². The van der Waals surface area contributed by atoms with Crippen LogP contribution < -0.4 is 15.8 Å². The second-order valence-electron chi connectivity index (χ2n) is 8.47. The lowest BCUT2D eigenvalue weighted by Gasteiger charge is -2.58. The van der Waals surface area contributed by atoms with E-state index in [1.54, 1.807) is 18.3 Å². The lowest BCUT2D eigenvalue weighted by atomic mass is 9.52. The van der Waals surface area contributed by atoms with Gasteiger partial charge in [0, 0.05) is 12.2 Å². The zero-order valence-electron chi connectivity index (χ0n) is 14.9. The zero-order chi connectivity index (χ0) is 18.8. The van der Waals surface area contributed by atoms with Gasteiger partial charge in [-0.3, -0.25) is 14.5 Å². The van der Waals surface area contributed by atoms with Crippen molar-refractivity contribution in [1.82, 2.24) is 15.2 Å². The highest BCUT2D eigenvalue weighted by Crippen LogP contribution is 2.59. The molecular weight excluding hydrogens is 348 g/mol. The van der Waals surface area contributed by atoms with Crippen LogP contribution in [0.1, 0.15) is 55.3 Å². The van der Waals surface area contributed by atoms with Gasteiger partial charge in [0.25, 0.3) is 11.8 Å². The fourth-order valence-electron chi connectivity index (χ4n) is 5.12. The number of nitrogens with two attached hydrogens (primary N) is 1. The summed E-state index contributed by atoms with van der Waals surface area (Å²) in [6, 6.07) is 3.02. The SMILES string of the molecule is NC(=O)c1cccnc1O[C@H]1CC2(C1)C[C@H](N1C(=O)NC3(CCC3)C1=O)C2. The van der Waals surface area contributed by atoms with E-state index in [9.17, 15) is 14.4 Å². The fourth-order valence-corrected chi connectivity index (χ4v) is 5.12. The lowest BCUT2D eigenvalue weighted by Crippen LogP contribution is -2.61. The van der Waals surface area contributed by atoms with Crippen LogP contribution in [-0.2, 0) is 4.79 Å². The third-order valence-electron chi connectivity index (χ3n) is 6.74. The van der Waals surface area contributed by atoms with E-state index in [0.29, 0.717) is 0 Å². The van der Waals surface area contributed by atoms with E-state index < -0.39 is 11.4 Å². The smallest absolute Gasteiger partial charge is 0.325 e. The number of hydrogen-bond acceptors (Lipinski definition) is 5. The number of rotatable bonds is 4. The number of ether oxygens (including phenoxy) is 1. The predicted molar refractivity (Wildman–Crippen MR) is 93.8 cm³/mol. The summed E-state index contributed by atoms with van der Waals surface area (Å²) in [5.74, 6) is -0.314. The highest BCUT2D eigenvalue weighted by molar-refractivity contribution is 6.08. The summed E-state index contributed by atoms with van der Waals surface area (Å²) >= 11 is 0. The maximum absolute atomic E-state index is 12.6. The molecule has 27 heavy (non-hydrogen) atoms. The van der Waals surface area contributed by atoms with Crippen LogP contribution in [0.2, 0.25) is 0 Å². The van der Waals surface area contributed by atoms with Crippen molar-refractivity contribution in [2.45, 2.75) is 62.6 Å². The van der Waals surface area contributed by atoms with Gasteiger partial charge in [-0.1, -0.05) is 0 Å². The summed E-state index contributed by atoms with van der Waals surface area (Å²) in [4.78, 5) is 42.0. The Morgan fingerprint density at radius 2 is 2.00 bits per heavy atom. The van der Waals surface area contributed by atoms with Crippen molar-refractivity contribution in [3.05, 3.63) is 23.9 Å². The first-order valence-corrected chi connectivity index (χ1v) is 9.49. The van der Waals surface area contributed by atoms with Crippen molar-refractivity contribution >= 4 is 17.8 Å². The minimum absolute atomic E-state index is 0.00513. The number of carbonyl (C=O) groups is 3. The number of amides is 4. The molecule has 8 nitrogen and oxygen atoms in total. The van der Waals surface area contributed by atoms with Gasteiger partial charge >= 0.3 is 6.03 Å². The summed E-state index contributed by atoms with van der Waals surface area (Å²) in [6.07, 6.45) is 7.40. The first-order chi connectivity index (χ1) is 12.9. The molecule has 142 valence electrons. The average molecular weight is 370 g/mol. The van der Waals surface area contributed by atoms with Crippen LogP contribution in [0.5, 0.6) is 5.88 Å². The first kappa shape index (κ1) is 16.5. The molecule has 3 saturated carbocycles. The molecule has 5 rings (SSSR count).